The quantitative estimate of drug-likeness (QED) is 0.822. The maximum atomic E-state index is 12.3. The van der Waals surface area contributed by atoms with E-state index in [0.717, 1.165) is 22.0 Å². The predicted octanol–water partition coefficient (Wildman–Crippen LogP) is 3.26. The summed E-state index contributed by atoms with van der Waals surface area (Å²) in [5.41, 5.74) is 7.28. The van der Waals surface area contributed by atoms with Crippen LogP contribution in [0.25, 0.3) is 0 Å². The Kier molecular flexibility index (Phi) is 2.47. The van der Waals surface area contributed by atoms with Crippen molar-refractivity contribution in [3.05, 3.63) is 22.7 Å². The van der Waals surface area contributed by atoms with Crippen molar-refractivity contribution >= 4 is 33.2 Å². The van der Waals surface area contributed by atoms with Crippen molar-refractivity contribution in [1.82, 2.24) is 0 Å². The number of hydrogen-bond donors (Lipinski definition) is 2. The number of fused-ring (bicyclic) bond motifs is 5. The Hall–Kier alpha value is -1.03. The van der Waals surface area contributed by atoms with Gasteiger partial charge >= 0.3 is 0 Å². The van der Waals surface area contributed by atoms with Gasteiger partial charge in [-0.25, -0.2) is 0 Å². The average Bonchev–Trinajstić information content (AvgIpc) is 2.83. The Morgan fingerprint density at radius 3 is 2.58 bits per heavy atom. The summed E-state index contributed by atoms with van der Waals surface area (Å²) >= 11 is 3.39. The average molecular weight is 321 g/mol. The van der Waals surface area contributed by atoms with Crippen molar-refractivity contribution < 1.29 is 4.79 Å². The molecule has 100 valence electrons. The van der Waals surface area contributed by atoms with Crippen molar-refractivity contribution in [3.63, 3.8) is 0 Å². The molecule has 3 nitrogen and oxygen atoms in total. The number of anilines is 2. The summed E-state index contributed by atoms with van der Waals surface area (Å²) in [7, 11) is 0. The fourth-order valence-electron chi connectivity index (χ4n) is 4.51. The number of nitrogens with one attached hydrogen (secondary N) is 1. The number of nitrogens with two attached hydrogens (primary N) is 1. The summed E-state index contributed by atoms with van der Waals surface area (Å²) in [5, 5.41) is 3.04. The van der Waals surface area contributed by atoms with Gasteiger partial charge in [0.2, 0.25) is 5.91 Å². The van der Waals surface area contributed by atoms with E-state index in [4.69, 9.17) is 5.73 Å². The molecule has 1 aromatic carbocycles. The van der Waals surface area contributed by atoms with Crippen molar-refractivity contribution in [2.24, 2.45) is 29.6 Å². The highest BCUT2D eigenvalue weighted by atomic mass is 79.9. The molecule has 0 spiro atoms. The van der Waals surface area contributed by atoms with E-state index in [1.807, 2.05) is 18.2 Å². The third-order valence-electron chi connectivity index (χ3n) is 5.31. The van der Waals surface area contributed by atoms with Crippen LogP contribution in [0.4, 0.5) is 11.4 Å². The van der Waals surface area contributed by atoms with Gasteiger partial charge in [0, 0.05) is 21.8 Å². The normalized spacial score (nSPS) is 38.1. The lowest BCUT2D eigenvalue weighted by Crippen LogP contribution is -2.18. The first kappa shape index (κ1) is 11.8. The van der Waals surface area contributed by atoms with Crippen LogP contribution >= 0.6 is 15.9 Å². The van der Waals surface area contributed by atoms with Gasteiger partial charge in [-0.2, -0.15) is 0 Å². The van der Waals surface area contributed by atoms with Crippen LogP contribution in [0.3, 0.4) is 0 Å². The first-order valence-corrected chi connectivity index (χ1v) is 7.80. The molecule has 0 aliphatic heterocycles. The Morgan fingerprint density at radius 2 is 1.95 bits per heavy atom. The van der Waals surface area contributed by atoms with Crippen LogP contribution in [0, 0.1) is 29.6 Å². The van der Waals surface area contributed by atoms with Gasteiger partial charge in [0.1, 0.15) is 0 Å². The van der Waals surface area contributed by atoms with Gasteiger partial charge in [0.05, 0.1) is 0 Å². The molecule has 0 aromatic heterocycles. The number of nitrogen functional groups attached to an aromatic ring is 1. The number of carbonyl (C=O) groups excluding carboxylic acids is 1. The Morgan fingerprint density at radius 1 is 1.26 bits per heavy atom. The molecule has 3 aliphatic rings. The third-order valence-corrected chi connectivity index (χ3v) is 5.99. The highest BCUT2D eigenvalue weighted by Crippen LogP contribution is 2.69. The lowest BCUT2D eigenvalue weighted by Gasteiger charge is -2.10. The van der Waals surface area contributed by atoms with Crippen LogP contribution in [0.15, 0.2) is 22.7 Å². The van der Waals surface area contributed by atoms with Gasteiger partial charge in [0.25, 0.3) is 0 Å². The van der Waals surface area contributed by atoms with Crippen molar-refractivity contribution in [1.29, 1.82) is 0 Å². The molecule has 0 saturated heterocycles. The van der Waals surface area contributed by atoms with Crippen molar-refractivity contribution in [2.75, 3.05) is 11.1 Å². The van der Waals surface area contributed by atoms with Crippen LogP contribution in [-0.2, 0) is 4.79 Å². The molecule has 4 rings (SSSR count). The first-order chi connectivity index (χ1) is 9.15. The molecule has 1 amide bonds. The van der Waals surface area contributed by atoms with E-state index in [9.17, 15) is 4.79 Å². The highest BCUT2D eigenvalue weighted by molar-refractivity contribution is 9.10. The van der Waals surface area contributed by atoms with E-state index >= 15 is 0 Å². The number of halogens is 1. The van der Waals surface area contributed by atoms with E-state index in [-0.39, 0.29) is 11.8 Å². The zero-order valence-electron chi connectivity index (χ0n) is 10.6. The Labute approximate surface area is 121 Å². The van der Waals surface area contributed by atoms with Gasteiger partial charge in [-0.1, -0.05) is 0 Å². The second kappa shape index (κ2) is 3.98. The zero-order chi connectivity index (χ0) is 13.1. The molecule has 19 heavy (non-hydrogen) atoms. The van der Waals surface area contributed by atoms with Gasteiger partial charge in [0.15, 0.2) is 0 Å². The lowest BCUT2D eigenvalue weighted by molar-refractivity contribution is -0.118. The maximum absolute atomic E-state index is 12.3. The molecule has 4 unspecified atom stereocenters. The summed E-state index contributed by atoms with van der Waals surface area (Å²) in [4.78, 5) is 12.3. The molecule has 3 fully saturated rings. The molecule has 4 heteroatoms. The minimum Gasteiger partial charge on any atom is -0.398 e. The largest absolute Gasteiger partial charge is 0.398 e. The maximum Gasteiger partial charge on any atom is 0.228 e. The standard InChI is InChI=1S/C15H17BrN2O/c16-10-6-9(3-4-11(10)17)18-15(19)14-12-7-1-2-8(5-7)13(12)14/h3-4,6-8,12-14H,1-2,5,17H2,(H,18,19). The summed E-state index contributed by atoms with van der Waals surface area (Å²) in [6, 6.07) is 5.56. The number of hydrogen-bond acceptors (Lipinski definition) is 2. The summed E-state index contributed by atoms with van der Waals surface area (Å²) < 4.78 is 0.835. The first-order valence-electron chi connectivity index (χ1n) is 7.01. The predicted molar refractivity (Wildman–Crippen MR) is 78.5 cm³/mol. The Balaban J connectivity index is 1.47. The van der Waals surface area contributed by atoms with E-state index < -0.39 is 0 Å². The molecular formula is C15H17BrN2O. The molecule has 4 atom stereocenters. The fourth-order valence-corrected chi connectivity index (χ4v) is 4.88. The second-order valence-corrected chi connectivity index (χ2v) is 7.09. The van der Waals surface area contributed by atoms with Crippen LogP contribution in [0.1, 0.15) is 19.3 Å². The third kappa shape index (κ3) is 1.72. The summed E-state index contributed by atoms with van der Waals surface area (Å²) in [5.74, 6) is 3.55. The molecule has 3 saturated carbocycles. The lowest BCUT2D eigenvalue weighted by atomic mass is 10.0. The minimum absolute atomic E-state index is 0.211. The summed E-state index contributed by atoms with van der Waals surface area (Å²) in [6.45, 7) is 0. The van der Waals surface area contributed by atoms with Crippen molar-refractivity contribution in [2.45, 2.75) is 19.3 Å². The number of benzene rings is 1. The van der Waals surface area contributed by atoms with E-state index in [2.05, 4.69) is 21.2 Å². The number of rotatable bonds is 2. The van der Waals surface area contributed by atoms with Crippen molar-refractivity contribution in [3.8, 4) is 0 Å². The van der Waals surface area contributed by atoms with Gasteiger partial charge in [-0.15, -0.1) is 0 Å². The molecule has 3 N–H and O–H groups in total. The molecule has 2 bridgehead atoms. The topological polar surface area (TPSA) is 55.1 Å². The smallest absolute Gasteiger partial charge is 0.228 e. The van der Waals surface area contributed by atoms with Gasteiger partial charge < -0.3 is 11.1 Å². The number of amides is 1. The fraction of sp³-hybridized carbons (Fsp3) is 0.533. The zero-order valence-corrected chi connectivity index (χ0v) is 12.2. The number of carbonyl (C=O) groups is 1. The second-order valence-electron chi connectivity index (χ2n) is 6.24. The monoisotopic (exact) mass is 320 g/mol. The summed E-state index contributed by atoms with van der Waals surface area (Å²) in [6.07, 6.45) is 4.08. The minimum atomic E-state index is 0.211. The molecular weight excluding hydrogens is 304 g/mol. The van der Waals surface area contributed by atoms with Crippen LogP contribution in [0.5, 0.6) is 0 Å². The van der Waals surface area contributed by atoms with Gasteiger partial charge in [-0.3, -0.25) is 4.79 Å². The van der Waals surface area contributed by atoms with Crippen LogP contribution < -0.4 is 11.1 Å². The molecule has 0 radical (unpaired) electrons. The highest BCUT2D eigenvalue weighted by Gasteiger charge is 2.67. The molecule has 3 aliphatic carbocycles. The SMILES string of the molecule is Nc1ccc(NC(=O)C2C3C4CCC(C4)C23)cc1Br. The van der Waals surface area contributed by atoms with Crippen LogP contribution in [0.2, 0.25) is 0 Å². The van der Waals surface area contributed by atoms with E-state index in [1.54, 1.807) is 0 Å². The van der Waals surface area contributed by atoms with Crippen LogP contribution in [-0.4, -0.2) is 5.91 Å². The van der Waals surface area contributed by atoms with E-state index in [1.165, 1.54) is 19.3 Å². The van der Waals surface area contributed by atoms with Gasteiger partial charge in [-0.05, 0) is 77.1 Å². The molecule has 1 aromatic rings. The molecule has 0 heterocycles. The Bertz CT molecular complexity index is 543. The van der Waals surface area contributed by atoms with E-state index in [0.29, 0.717) is 17.5 Å².